The van der Waals surface area contributed by atoms with Gasteiger partial charge in [-0.25, -0.2) is 0 Å². The SMILES string of the molecule is CCOc1ccc(C(O)=C2C(=O)C(=O)N(CCCN(CC)CC)[C@@H]2c2ccc(OC)cc2)cc1C. The number of ether oxygens (including phenoxy) is 2. The summed E-state index contributed by atoms with van der Waals surface area (Å²) in [6.45, 7) is 11.6. The third-order valence-electron chi connectivity index (χ3n) is 6.49. The minimum Gasteiger partial charge on any atom is -0.507 e. The molecular formula is C28H36N2O5. The molecule has 2 aromatic rings. The second-order valence-electron chi connectivity index (χ2n) is 8.56. The first-order chi connectivity index (χ1) is 16.9. The van der Waals surface area contributed by atoms with E-state index in [4.69, 9.17) is 9.47 Å². The Hall–Kier alpha value is -3.32. The largest absolute Gasteiger partial charge is 0.507 e. The molecule has 2 aromatic carbocycles. The van der Waals surface area contributed by atoms with Crippen LogP contribution in [-0.4, -0.2) is 66.5 Å². The zero-order chi connectivity index (χ0) is 25.5. The number of aliphatic hydroxyl groups excluding tert-OH is 1. The van der Waals surface area contributed by atoms with E-state index in [-0.39, 0.29) is 11.3 Å². The Morgan fingerprint density at radius 1 is 1.06 bits per heavy atom. The number of rotatable bonds is 11. The van der Waals surface area contributed by atoms with Gasteiger partial charge in [-0.2, -0.15) is 0 Å². The normalized spacial score (nSPS) is 17.3. The summed E-state index contributed by atoms with van der Waals surface area (Å²) in [7, 11) is 1.59. The van der Waals surface area contributed by atoms with Crippen LogP contribution in [0.3, 0.4) is 0 Å². The molecule has 0 saturated carbocycles. The van der Waals surface area contributed by atoms with Crippen LogP contribution in [0.2, 0.25) is 0 Å². The summed E-state index contributed by atoms with van der Waals surface area (Å²) < 4.78 is 10.9. The van der Waals surface area contributed by atoms with Gasteiger partial charge in [0, 0.05) is 12.1 Å². The molecule has 1 N–H and O–H groups in total. The topological polar surface area (TPSA) is 79.3 Å². The van der Waals surface area contributed by atoms with E-state index in [0.717, 1.165) is 37.2 Å². The Kier molecular flexibility index (Phi) is 8.93. The van der Waals surface area contributed by atoms with E-state index >= 15 is 0 Å². The van der Waals surface area contributed by atoms with Crippen LogP contribution in [0.25, 0.3) is 5.76 Å². The van der Waals surface area contributed by atoms with Crippen LogP contribution in [0.15, 0.2) is 48.0 Å². The average molecular weight is 481 g/mol. The number of aryl methyl sites for hydroxylation is 1. The molecule has 1 heterocycles. The summed E-state index contributed by atoms with van der Waals surface area (Å²) >= 11 is 0. The van der Waals surface area contributed by atoms with Crippen LogP contribution in [0.1, 0.15) is 49.9 Å². The highest BCUT2D eigenvalue weighted by molar-refractivity contribution is 6.46. The van der Waals surface area contributed by atoms with Crippen LogP contribution in [-0.2, 0) is 9.59 Å². The van der Waals surface area contributed by atoms with Gasteiger partial charge in [0.05, 0.1) is 25.3 Å². The number of amides is 1. The van der Waals surface area contributed by atoms with Crippen LogP contribution in [0.4, 0.5) is 0 Å². The molecule has 188 valence electrons. The fourth-order valence-electron chi connectivity index (χ4n) is 4.52. The molecular weight excluding hydrogens is 444 g/mol. The summed E-state index contributed by atoms with van der Waals surface area (Å²) in [5, 5.41) is 11.3. The fraction of sp³-hybridized carbons (Fsp3) is 0.429. The zero-order valence-electron chi connectivity index (χ0n) is 21.3. The van der Waals surface area contributed by atoms with Crippen molar-refractivity contribution in [2.45, 2.75) is 40.2 Å². The molecule has 0 unspecified atom stereocenters. The molecule has 3 rings (SSSR count). The van der Waals surface area contributed by atoms with Gasteiger partial charge in [0.2, 0.25) is 0 Å². The van der Waals surface area contributed by atoms with E-state index in [1.165, 1.54) is 0 Å². The first-order valence-electron chi connectivity index (χ1n) is 12.2. The number of Topliss-reactive ketones (excluding diaryl/α,β-unsaturated/α-hetero) is 1. The van der Waals surface area contributed by atoms with Crippen molar-refractivity contribution in [3.05, 3.63) is 64.7 Å². The van der Waals surface area contributed by atoms with Crippen molar-refractivity contribution in [2.75, 3.05) is 39.9 Å². The lowest BCUT2D eigenvalue weighted by Gasteiger charge is -2.27. The van der Waals surface area contributed by atoms with Gasteiger partial charge in [-0.1, -0.05) is 26.0 Å². The number of hydrogen-bond acceptors (Lipinski definition) is 6. The number of likely N-dealkylation sites (tertiary alicyclic amines) is 1. The monoisotopic (exact) mass is 480 g/mol. The number of carbonyl (C=O) groups is 2. The van der Waals surface area contributed by atoms with E-state index < -0.39 is 17.7 Å². The van der Waals surface area contributed by atoms with Crippen molar-refractivity contribution < 1.29 is 24.2 Å². The highest BCUT2D eigenvalue weighted by Crippen LogP contribution is 2.40. The van der Waals surface area contributed by atoms with E-state index in [0.29, 0.717) is 30.2 Å². The first-order valence-corrected chi connectivity index (χ1v) is 12.2. The average Bonchev–Trinajstić information content (AvgIpc) is 3.12. The van der Waals surface area contributed by atoms with Gasteiger partial charge < -0.3 is 24.4 Å². The lowest BCUT2D eigenvalue weighted by Crippen LogP contribution is -2.33. The second-order valence-corrected chi connectivity index (χ2v) is 8.56. The van der Waals surface area contributed by atoms with Crippen LogP contribution < -0.4 is 9.47 Å². The molecule has 1 atom stereocenters. The van der Waals surface area contributed by atoms with Gasteiger partial charge in [0.15, 0.2) is 0 Å². The minimum atomic E-state index is -0.676. The number of nitrogens with zero attached hydrogens (tertiary/aromatic N) is 2. The van der Waals surface area contributed by atoms with Crippen molar-refractivity contribution in [1.82, 2.24) is 9.80 Å². The molecule has 35 heavy (non-hydrogen) atoms. The fourth-order valence-corrected chi connectivity index (χ4v) is 4.52. The molecule has 1 aliphatic heterocycles. The molecule has 0 radical (unpaired) electrons. The van der Waals surface area contributed by atoms with E-state index in [9.17, 15) is 14.7 Å². The molecule has 0 aliphatic carbocycles. The number of methoxy groups -OCH3 is 1. The van der Waals surface area contributed by atoms with Gasteiger partial charge in [-0.05, 0) is 81.4 Å². The van der Waals surface area contributed by atoms with Gasteiger partial charge >= 0.3 is 0 Å². The molecule has 0 aromatic heterocycles. The Bertz CT molecular complexity index is 1070. The highest BCUT2D eigenvalue weighted by atomic mass is 16.5. The van der Waals surface area contributed by atoms with Gasteiger partial charge in [0.25, 0.3) is 11.7 Å². The molecule has 0 spiro atoms. The van der Waals surface area contributed by atoms with Gasteiger partial charge in [-0.15, -0.1) is 0 Å². The number of aliphatic hydroxyl groups is 1. The molecule has 7 heteroatoms. The standard InChI is InChI=1S/C28H36N2O5/c1-6-29(7-2)16-9-17-30-25(20-10-13-22(34-5)14-11-20)24(27(32)28(30)33)26(31)21-12-15-23(35-8-3)19(4)18-21/h10-15,18,25,31H,6-9,16-17H2,1-5H3/t25-/m1/s1. The third kappa shape index (κ3) is 5.68. The summed E-state index contributed by atoms with van der Waals surface area (Å²) in [6, 6.07) is 11.9. The second kappa shape index (κ2) is 11.9. The zero-order valence-corrected chi connectivity index (χ0v) is 21.3. The Balaban J connectivity index is 2.04. The molecule has 1 saturated heterocycles. The first kappa shape index (κ1) is 26.3. The minimum absolute atomic E-state index is 0.103. The van der Waals surface area contributed by atoms with Crippen LogP contribution in [0, 0.1) is 6.92 Å². The van der Waals surface area contributed by atoms with Crippen LogP contribution in [0.5, 0.6) is 11.5 Å². The summed E-state index contributed by atoms with van der Waals surface area (Å²) in [4.78, 5) is 30.2. The molecule has 1 fully saturated rings. The maximum Gasteiger partial charge on any atom is 0.295 e. The number of carbonyl (C=O) groups excluding carboxylic acids is 2. The Labute approximate surface area is 207 Å². The summed E-state index contributed by atoms with van der Waals surface area (Å²) in [6.07, 6.45) is 0.726. The third-order valence-corrected chi connectivity index (χ3v) is 6.49. The maximum atomic E-state index is 13.2. The number of benzene rings is 2. The van der Waals surface area contributed by atoms with E-state index in [1.807, 2.05) is 26.0 Å². The smallest absolute Gasteiger partial charge is 0.295 e. The highest BCUT2D eigenvalue weighted by Gasteiger charge is 2.45. The molecule has 1 amide bonds. The predicted octanol–water partition coefficient (Wildman–Crippen LogP) is 4.56. The van der Waals surface area contributed by atoms with Gasteiger partial charge in [0.1, 0.15) is 17.3 Å². The Morgan fingerprint density at radius 2 is 1.74 bits per heavy atom. The number of hydrogen-bond donors (Lipinski definition) is 1. The van der Waals surface area contributed by atoms with Gasteiger partial charge in [-0.3, -0.25) is 9.59 Å². The summed E-state index contributed by atoms with van der Waals surface area (Å²) in [5.41, 5.74) is 2.17. The maximum absolute atomic E-state index is 13.2. The number of ketones is 1. The molecule has 1 aliphatic rings. The lowest BCUT2D eigenvalue weighted by molar-refractivity contribution is -0.140. The molecule has 0 bridgehead atoms. The quantitative estimate of drug-likeness (QED) is 0.289. The van der Waals surface area contributed by atoms with Crippen molar-refractivity contribution in [1.29, 1.82) is 0 Å². The van der Waals surface area contributed by atoms with Crippen LogP contribution >= 0.6 is 0 Å². The Morgan fingerprint density at radius 3 is 2.31 bits per heavy atom. The lowest BCUT2D eigenvalue weighted by atomic mass is 9.94. The van der Waals surface area contributed by atoms with Crippen molar-refractivity contribution >= 4 is 17.4 Å². The van der Waals surface area contributed by atoms with Crippen molar-refractivity contribution in [3.8, 4) is 11.5 Å². The summed E-state index contributed by atoms with van der Waals surface area (Å²) in [5.74, 6) is -0.0455. The van der Waals surface area contributed by atoms with Crippen molar-refractivity contribution in [3.63, 3.8) is 0 Å². The van der Waals surface area contributed by atoms with Crippen molar-refractivity contribution in [2.24, 2.45) is 0 Å². The van der Waals surface area contributed by atoms with E-state index in [2.05, 4.69) is 18.7 Å². The predicted molar refractivity (Wildman–Crippen MR) is 137 cm³/mol. The van der Waals surface area contributed by atoms with E-state index in [1.54, 1.807) is 42.3 Å². The molecule has 7 nitrogen and oxygen atoms in total.